The molecule has 0 spiro atoms. The molecular weight excluding hydrogens is 248 g/mol. The highest BCUT2D eigenvalue weighted by molar-refractivity contribution is 5.81. The minimum absolute atomic E-state index is 0.0255. The van der Waals surface area contributed by atoms with Gasteiger partial charge in [-0.05, 0) is 26.1 Å². The molecule has 0 atom stereocenters. The van der Waals surface area contributed by atoms with Crippen molar-refractivity contribution in [2.24, 2.45) is 4.99 Å². The maximum absolute atomic E-state index is 11.4. The van der Waals surface area contributed by atoms with Crippen LogP contribution in [0.1, 0.15) is 25.8 Å². The predicted octanol–water partition coefficient (Wildman–Crippen LogP) is -0.0804. The second-order valence-electron chi connectivity index (χ2n) is 4.09. The third kappa shape index (κ3) is 4.70. The Bertz CT molecular complexity index is 529. The Hall–Kier alpha value is -1.89. The van der Waals surface area contributed by atoms with Crippen LogP contribution in [0.25, 0.3) is 0 Å². The van der Waals surface area contributed by atoms with Crippen molar-refractivity contribution in [3.05, 3.63) is 26.4 Å². The Kier molecular flexibility index (Phi) is 6.01. The molecule has 0 radical (unpaired) electrons. The summed E-state index contributed by atoms with van der Waals surface area (Å²) in [5.74, 6) is -0.457. The topological polar surface area (TPSA) is 102 Å². The van der Waals surface area contributed by atoms with E-state index in [1.165, 1.54) is 6.21 Å². The first kappa shape index (κ1) is 15.2. The Labute approximate surface area is 111 Å². The Morgan fingerprint density at radius 2 is 1.95 bits per heavy atom. The van der Waals surface area contributed by atoms with Crippen LogP contribution < -0.4 is 11.2 Å². The van der Waals surface area contributed by atoms with Gasteiger partial charge in [-0.25, -0.2) is 4.79 Å². The van der Waals surface area contributed by atoms with Gasteiger partial charge in [-0.3, -0.25) is 19.8 Å². The molecule has 0 saturated heterocycles. The lowest BCUT2D eigenvalue weighted by Crippen LogP contribution is -2.25. The SMILES string of the molecule is CCN(CC)CCCN=Cc1c(O)[nH]c(=O)[nH]c1=O. The van der Waals surface area contributed by atoms with Crippen LogP contribution in [0, 0.1) is 0 Å². The standard InChI is InChI=1S/C12H20N4O3/c1-3-16(4-2)7-5-6-13-8-9-10(17)14-12(19)15-11(9)18/h8H,3-7H2,1-2H3,(H3,14,15,17,18,19). The van der Waals surface area contributed by atoms with E-state index in [0.717, 1.165) is 26.1 Å². The van der Waals surface area contributed by atoms with E-state index in [4.69, 9.17) is 0 Å². The van der Waals surface area contributed by atoms with Crippen molar-refractivity contribution in [3.8, 4) is 5.88 Å². The number of aromatic hydroxyl groups is 1. The van der Waals surface area contributed by atoms with Gasteiger partial charge in [-0.15, -0.1) is 0 Å². The first-order valence-corrected chi connectivity index (χ1v) is 6.36. The maximum Gasteiger partial charge on any atom is 0.328 e. The monoisotopic (exact) mass is 268 g/mol. The van der Waals surface area contributed by atoms with Gasteiger partial charge in [0, 0.05) is 12.8 Å². The molecule has 0 bridgehead atoms. The third-order valence-electron chi connectivity index (χ3n) is 2.84. The molecule has 7 nitrogen and oxygen atoms in total. The molecule has 0 fully saturated rings. The smallest absolute Gasteiger partial charge is 0.328 e. The summed E-state index contributed by atoms with van der Waals surface area (Å²) in [5.41, 5.74) is -1.41. The van der Waals surface area contributed by atoms with E-state index < -0.39 is 17.1 Å². The van der Waals surface area contributed by atoms with Gasteiger partial charge in [-0.2, -0.15) is 0 Å². The molecule has 0 aliphatic heterocycles. The minimum Gasteiger partial charge on any atom is -0.494 e. The Balaban J connectivity index is 2.54. The van der Waals surface area contributed by atoms with Crippen molar-refractivity contribution < 1.29 is 5.11 Å². The van der Waals surface area contributed by atoms with Crippen LogP contribution in [-0.2, 0) is 0 Å². The van der Waals surface area contributed by atoms with Crippen molar-refractivity contribution in [2.45, 2.75) is 20.3 Å². The highest BCUT2D eigenvalue weighted by Gasteiger charge is 2.04. The van der Waals surface area contributed by atoms with Crippen LogP contribution in [0.15, 0.2) is 14.6 Å². The number of hydrogen-bond acceptors (Lipinski definition) is 5. The fourth-order valence-electron chi connectivity index (χ4n) is 1.69. The molecule has 0 aliphatic rings. The van der Waals surface area contributed by atoms with E-state index in [-0.39, 0.29) is 5.56 Å². The second kappa shape index (κ2) is 7.52. The van der Waals surface area contributed by atoms with E-state index in [0.29, 0.717) is 6.54 Å². The molecule has 0 saturated carbocycles. The summed E-state index contributed by atoms with van der Waals surface area (Å²) in [4.78, 5) is 32.7. The van der Waals surface area contributed by atoms with Crippen LogP contribution >= 0.6 is 0 Å². The average molecular weight is 268 g/mol. The summed E-state index contributed by atoms with van der Waals surface area (Å²) >= 11 is 0. The lowest BCUT2D eigenvalue weighted by molar-refractivity contribution is 0.302. The number of aromatic amines is 2. The lowest BCUT2D eigenvalue weighted by atomic mass is 10.3. The van der Waals surface area contributed by atoms with E-state index in [1.54, 1.807) is 0 Å². The molecule has 0 aromatic carbocycles. The van der Waals surface area contributed by atoms with E-state index in [9.17, 15) is 14.7 Å². The van der Waals surface area contributed by atoms with Crippen LogP contribution in [0.4, 0.5) is 0 Å². The summed E-state index contributed by atoms with van der Waals surface area (Å²) in [5, 5.41) is 9.42. The van der Waals surface area contributed by atoms with Gasteiger partial charge >= 0.3 is 5.69 Å². The van der Waals surface area contributed by atoms with Gasteiger partial charge in [0.1, 0.15) is 5.56 Å². The van der Waals surface area contributed by atoms with Crippen molar-refractivity contribution >= 4 is 6.21 Å². The van der Waals surface area contributed by atoms with Crippen molar-refractivity contribution in [3.63, 3.8) is 0 Å². The van der Waals surface area contributed by atoms with Crippen molar-refractivity contribution in [2.75, 3.05) is 26.2 Å². The molecule has 1 aromatic heterocycles. The fraction of sp³-hybridized carbons (Fsp3) is 0.583. The number of aliphatic imine (C=N–C) groups is 1. The quantitative estimate of drug-likeness (QED) is 0.475. The van der Waals surface area contributed by atoms with Crippen molar-refractivity contribution in [1.29, 1.82) is 0 Å². The van der Waals surface area contributed by atoms with Crippen LogP contribution in [-0.4, -0.2) is 52.4 Å². The summed E-state index contributed by atoms with van der Waals surface area (Å²) in [6, 6.07) is 0. The number of rotatable bonds is 7. The maximum atomic E-state index is 11.4. The molecule has 0 unspecified atom stereocenters. The zero-order valence-electron chi connectivity index (χ0n) is 11.3. The molecule has 3 N–H and O–H groups in total. The molecular formula is C12H20N4O3. The lowest BCUT2D eigenvalue weighted by Gasteiger charge is -2.16. The molecule has 106 valence electrons. The number of aromatic nitrogens is 2. The Morgan fingerprint density at radius 3 is 2.53 bits per heavy atom. The molecule has 0 aliphatic carbocycles. The zero-order chi connectivity index (χ0) is 14.3. The van der Waals surface area contributed by atoms with Crippen molar-refractivity contribution in [1.82, 2.24) is 14.9 Å². The second-order valence-corrected chi connectivity index (χ2v) is 4.09. The number of H-pyrrole nitrogens is 2. The summed E-state index contributed by atoms with van der Waals surface area (Å²) in [6.45, 7) is 7.71. The van der Waals surface area contributed by atoms with Gasteiger partial charge in [-0.1, -0.05) is 13.8 Å². The molecule has 7 heteroatoms. The predicted molar refractivity (Wildman–Crippen MR) is 74.2 cm³/mol. The Morgan fingerprint density at radius 1 is 1.26 bits per heavy atom. The summed E-state index contributed by atoms with van der Waals surface area (Å²) < 4.78 is 0. The van der Waals surface area contributed by atoms with Crippen LogP contribution in [0.5, 0.6) is 5.88 Å². The largest absolute Gasteiger partial charge is 0.494 e. The number of nitrogens with one attached hydrogen (secondary N) is 2. The summed E-state index contributed by atoms with van der Waals surface area (Å²) in [6.07, 6.45) is 2.16. The van der Waals surface area contributed by atoms with Crippen LogP contribution in [0.3, 0.4) is 0 Å². The van der Waals surface area contributed by atoms with Gasteiger partial charge < -0.3 is 10.0 Å². The van der Waals surface area contributed by atoms with Crippen LogP contribution in [0.2, 0.25) is 0 Å². The fourth-order valence-corrected chi connectivity index (χ4v) is 1.69. The van der Waals surface area contributed by atoms with Gasteiger partial charge in [0.15, 0.2) is 0 Å². The highest BCUT2D eigenvalue weighted by atomic mass is 16.3. The molecule has 1 aromatic rings. The minimum atomic E-state index is -0.735. The molecule has 1 heterocycles. The first-order valence-electron chi connectivity index (χ1n) is 6.36. The highest BCUT2D eigenvalue weighted by Crippen LogP contribution is 2.01. The molecule has 1 rings (SSSR count). The average Bonchev–Trinajstić information content (AvgIpc) is 2.36. The summed E-state index contributed by atoms with van der Waals surface area (Å²) in [7, 11) is 0. The van der Waals surface area contributed by atoms with Gasteiger partial charge in [0.2, 0.25) is 5.88 Å². The van der Waals surface area contributed by atoms with E-state index >= 15 is 0 Å². The van der Waals surface area contributed by atoms with Gasteiger partial charge in [0.25, 0.3) is 5.56 Å². The first-order chi connectivity index (χ1) is 9.08. The van der Waals surface area contributed by atoms with Gasteiger partial charge in [0.05, 0.1) is 0 Å². The molecule has 0 amide bonds. The van der Waals surface area contributed by atoms with E-state index in [1.807, 2.05) is 4.98 Å². The normalized spacial score (nSPS) is 11.5. The number of nitrogens with zero attached hydrogens (tertiary/aromatic N) is 2. The van der Waals surface area contributed by atoms with E-state index in [2.05, 4.69) is 28.7 Å². The zero-order valence-corrected chi connectivity index (χ0v) is 11.3. The molecule has 19 heavy (non-hydrogen) atoms. The number of hydrogen-bond donors (Lipinski definition) is 3. The third-order valence-corrected chi connectivity index (χ3v) is 2.84.